The average Bonchev–Trinajstić information content (AvgIpc) is 0.915. The summed E-state index contributed by atoms with van der Waals surface area (Å²) in [5, 5.41) is 0. The van der Waals surface area contributed by atoms with Gasteiger partial charge in [-0.3, -0.25) is 4.98 Å². The van der Waals surface area contributed by atoms with Crippen LogP contribution in [0, 0.1) is 0 Å². The van der Waals surface area contributed by atoms with Crippen LogP contribution in [0.3, 0.4) is 0 Å². The lowest BCUT2D eigenvalue weighted by molar-refractivity contribution is -0.688. The highest BCUT2D eigenvalue weighted by molar-refractivity contribution is 7.20. The van der Waals surface area contributed by atoms with E-state index in [0.717, 1.165) is 6.54 Å². The summed E-state index contributed by atoms with van der Waals surface area (Å²) in [6.07, 6.45) is -22.9. The first-order chi connectivity index (χ1) is 40.6. The maximum absolute atomic E-state index is 14.2. The van der Waals surface area contributed by atoms with Crippen molar-refractivity contribution in [3.05, 3.63) is 177 Å². The van der Waals surface area contributed by atoms with Crippen molar-refractivity contribution in [1.82, 2.24) is 4.98 Å². The fourth-order valence-corrected chi connectivity index (χ4v) is 10.4. The monoisotopic (exact) mass is 1290 g/mol. The van der Waals surface area contributed by atoms with Crippen LogP contribution in [0.1, 0.15) is 165 Å². The first-order valence-electron chi connectivity index (χ1n) is 27.9. The lowest BCUT2D eigenvalue weighted by atomic mass is 9.12. The second-order valence-electron chi connectivity index (χ2n) is 21.5. The van der Waals surface area contributed by atoms with Crippen molar-refractivity contribution in [3.63, 3.8) is 0 Å². The van der Waals surface area contributed by atoms with Gasteiger partial charge < -0.3 is 0 Å². The largest absolute Gasteiger partial charge is 0.416 e. The number of halogens is 24. The van der Waals surface area contributed by atoms with Crippen LogP contribution >= 0.6 is 0 Å². The highest BCUT2D eigenvalue weighted by Crippen LogP contribution is 2.42. The highest BCUT2D eigenvalue weighted by Gasteiger charge is 2.47. The summed E-state index contributed by atoms with van der Waals surface area (Å²) in [6, 6.07) is 0.351. The van der Waals surface area contributed by atoms with Gasteiger partial charge in [0.1, 0.15) is 6.15 Å². The molecule has 27 heteroatoms. The molecule has 6 aromatic rings. The van der Waals surface area contributed by atoms with Gasteiger partial charge in [-0.2, -0.15) is 132 Å². The number of hydrogen-bond acceptors (Lipinski definition) is 1. The van der Waals surface area contributed by atoms with Crippen LogP contribution in [0.2, 0.25) is 0 Å². The number of aromatic nitrogens is 2. The second-order valence-corrected chi connectivity index (χ2v) is 21.5. The molecule has 0 saturated heterocycles. The molecule has 1 heterocycles. The van der Waals surface area contributed by atoms with Crippen LogP contribution in [0.5, 0.6) is 0 Å². The first kappa shape index (κ1) is 72.3. The molecule has 484 valence electrons. The van der Waals surface area contributed by atoms with E-state index in [9.17, 15) is 105 Å². The van der Waals surface area contributed by atoms with E-state index in [1.165, 1.54) is 120 Å². The number of nitrogens with zero attached hydrogens (tertiary/aromatic N) is 2. The molecule has 5 aromatic carbocycles. The summed E-state index contributed by atoms with van der Waals surface area (Å²) in [7, 11) is 0. The summed E-state index contributed by atoms with van der Waals surface area (Å²) >= 11 is 0. The molecule has 0 radical (unpaired) electrons. The van der Waals surface area contributed by atoms with Crippen LogP contribution in [0.15, 0.2) is 122 Å². The Bertz CT molecular complexity index is 2710. The van der Waals surface area contributed by atoms with Crippen molar-refractivity contribution in [2.75, 3.05) is 0 Å². The molecular formula is C61H59BF24N2. The van der Waals surface area contributed by atoms with E-state index >= 15 is 0 Å². The molecule has 2 nitrogen and oxygen atoms in total. The molecule has 0 bridgehead atoms. The number of aryl methyl sites for hydroxylation is 1. The van der Waals surface area contributed by atoms with Gasteiger partial charge in [0.2, 0.25) is 0 Å². The molecule has 0 atom stereocenters. The maximum Gasteiger partial charge on any atom is 0.416 e. The van der Waals surface area contributed by atoms with Gasteiger partial charge in [0.15, 0.2) is 18.9 Å². The van der Waals surface area contributed by atoms with E-state index in [1.807, 2.05) is 24.8 Å². The Kier molecular flexibility index (Phi) is 24.2. The van der Waals surface area contributed by atoms with E-state index in [0.29, 0.717) is 0 Å². The molecule has 0 unspecified atom stereocenters. The number of rotatable bonds is 23. The average molecular weight is 1290 g/mol. The maximum atomic E-state index is 14.2. The number of unbranched alkanes of at least 4 members (excludes halogenated alkanes) is 15. The quantitative estimate of drug-likeness (QED) is 0.0270. The second kappa shape index (κ2) is 29.5. The fourth-order valence-electron chi connectivity index (χ4n) is 10.4. The van der Waals surface area contributed by atoms with Crippen molar-refractivity contribution < 1.29 is 110 Å². The van der Waals surface area contributed by atoms with Gasteiger partial charge in [-0.1, -0.05) is 176 Å². The van der Waals surface area contributed by atoms with Crippen molar-refractivity contribution in [1.29, 1.82) is 0 Å². The lowest BCUT2D eigenvalue weighted by Gasteiger charge is -2.46. The molecule has 1 aromatic heterocycles. The minimum Gasteiger partial charge on any atom is -0.252 e. The molecule has 0 spiro atoms. The topological polar surface area (TPSA) is 16.8 Å². The van der Waals surface area contributed by atoms with Crippen LogP contribution in [0.25, 0.3) is 0 Å². The zero-order chi connectivity index (χ0) is 65.7. The molecule has 0 aliphatic heterocycles. The summed E-state index contributed by atoms with van der Waals surface area (Å²) in [6.45, 7) is 3.22. The van der Waals surface area contributed by atoms with Gasteiger partial charge in [0.25, 0.3) is 0 Å². The predicted molar refractivity (Wildman–Crippen MR) is 283 cm³/mol. The third kappa shape index (κ3) is 20.8. The summed E-state index contributed by atoms with van der Waals surface area (Å²) < 4.78 is 343. The van der Waals surface area contributed by atoms with Crippen molar-refractivity contribution in [2.24, 2.45) is 0 Å². The summed E-state index contributed by atoms with van der Waals surface area (Å²) in [4.78, 5) is 4.07. The van der Waals surface area contributed by atoms with Crippen LogP contribution in [-0.2, 0) is 62.4 Å². The van der Waals surface area contributed by atoms with E-state index < -0.39 is 195 Å². The third-order valence-corrected chi connectivity index (χ3v) is 14.8. The normalized spacial score (nSPS) is 13.2. The zero-order valence-electron chi connectivity index (χ0n) is 46.8. The Labute approximate surface area is 491 Å². The van der Waals surface area contributed by atoms with Crippen molar-refractivity contribution >= 4 is 28.0 Å². The fraction of sp³-hybridized carbons (Fsp3) is 0.443. The van der Waals surface area contributed by atoms with Crippen LogP contribution < -0.4 is 26.4 Å². The first-order valence-corrected chi connectivity index (χ1v) is 27.9. The standard InChI is InChI=1S/C32H12BF24.C29H47N2/c34-25(35,36)13-1-14(26(37,38)39)6-21(5-13)33(22-7-15(27(40,41)42)2-16(8-22)28(43,44)45,23-9-17(29(46,47)48)3-18(10-23)30(49,50)51)24-11-19(31(52,53)54)4-20(12-24)32(55,56)57;1-2-3-4-5-6-7-8-9-10-11-12-13-14-15-16-17-18-28-19-21-29(22-20-28)27-31-25-23-30-24-26-31/h1-12H;19-26H,2-18,27H2,1H3/q-1;+1. The van der Waals surface area contributed by atoms with Gasteiger partial charge in [-0.25, -0.2) is 0 Å². The van der Waals surface area contributed by atoms with E-state index in [4.69, 9.17) is 0 Å². The zero-order valence-corrected chi connectivity index (χ0v) is 46.8. The van der Waals surface area contributed by atoms with E-state index in [2.05, 4.69) is 40.7 Å². The van der Waals surface area contributed by atoms with E-state index in [-0.39, 0.29) is 0 Å². The molecule has 0 aliphatic carbocycles. The van der Waals surface area contributed by atoms with Crippen molar-refractivity contribution in [3.8, 4) is 0 Å². The number of benzene rings is 5. The SMILES string of the molecule is CCCCCCCCCCCCCCCCCCc1ccc(C[n+]2ccncc2)cc1.FC(F)(F)c1cc([B-](c2cc(C(F)(F)F)cc(C(F)(F)F)c2)(c2cc(C(F)(F)F)cc(C(F)(F)F)c2)c2cc(C(F)(F)F)cc(C(F)(F)F)c2)cc(C(F)(F)F)c1. The highest BCUT2D eigenvalue weighted by atomic mass is 19.4. The molecule has 0 N–H and O–H groups in total. The smallest absolute Gasteiger partial charge is 0.252 e. The van der Waals surface area contributed by atoms with Crippen molar-refractivity contribution in [2.45, 2.75) is 172 Å². The van der Waals surface area contributed by atoms with Gasteiger partial charge in [-0.15, -0.1) is 0 Å². The predicted octanol–water partition coefficient (Wildman–Crippen LogP) is 19.4. The minimum atomic E-state index is -6.13. The third-order valence-electron chi connectivity index (χ3n) is 14.8. The Morgan fingerprint density at radius 3 is 0.739 bits per heavy atom. The molecular weight excluding hydrogens is 1230 g/mol. The number of hydrogen-bond donors (Lipinski definition) is 0. The van der Waals surface area contributed by atoms with Gasteiger partial charge in [-0.05, 0) is 42.7 Å². The molecule has 0 saturated carbocycles. The summed E-state index contributed by atoms with van der Waals surface area (Å²) in [5.41, 5.74) is -27.4. The van der Waals surface area contributed by atoms with Crippen LogP contribution in [0.4, 0.5) is 105 Å². The molecule has 0 fully saturated rings. The number of alkyl halides is 24. The van der Waals surface area contributed by atoms with Gasteiger partial charge in [0, 0.05) is 5.56 Å². The minimum absolute atomic E-state index is 0.691. The Balaban J connectivity index is 0.000000383. The van der Waals surface area contributed by atoms with Gasteiger partial charge >= 0.3 is 49.4 Å². The van der Waals surface area contributed by atoms with Gasteiger partial charge in [0.05, 0.1) is 56.9 Å². The molecule has 88 heavy (non-hydrogen) atoms. The molecule has 0 aliphatic rings. The summed E-state index contributed by atoms with van der Waals surface area (Å²) in [5.74, 6) is 0. The molecule has 0 amide bonds. The Morgan fingerprint density at radius 2 is 0.511 bits per heavy atom. The Morgan fingerprint density at radius 1 is 0.295 bits per heavy atom. The molecule has 6 rings (SSSR count). The van der Waals surface area contributed by atoms with E-state index in [1.54, 1.807) is 0 Å². The Hall–Kier alpha value is -6.44. The lowest BCUT2D eigenvalue weighted by Crippen LogP contribution is -2.75. The van der Waals surface area contributed by atoms with Crippen LogP contribution in [-0.4, -0.2) is 11.1 Å².